The molecule has 0 spiro atoms. The molecule has 0 saturated heterocycles. The number of hydrogen-bond acceptors (Lipinski definition) is 4. The van der Waals surface area contributed by atoms with Crippen LogP contribution in [0.25, 0.3) is 10.9 Å². The van der Waals surface area contributed by atoms with Crippen LogP contribution in [0, 0.1) is 0 Å². The fourth-order valence-electron chi connectivity index (χ4n) is 1.68. The van der Waals surface area contributed by atoms with E-state index in [1.807, 2.05) is 24.3 Å². The van der Waals surface area contributed by atoms with Crippen LogP contribution < -0.4 is 5.32 Å². The fourth-order valence-corrected chi connectivity index (χ4v) is 1.68. The lowest BCUT2D eigenvalue weighted by Gasteiger charge is -2.13. The van der Waals surface area contributed by atoms with Gasteiger partial charge in [-0.25, -0.2) is 0 Å². The highest BCUT2D eigenvalue weighted by Gasteiger charge is 2.04. The van der Waals surface area contributed by atoms with Crippen molar-refractivity contribution in [2.45, 2.75) is 12.6 Å². The van der Waals surface area contributed by atoms with E-state index in [4.69, 9.17) is 10.2 Å². The molecular weight excluding hydrogens is 216 g/mol. The van der Waals surface area contributed by atoms with Crippen molar-refractivity contribution in [1.29, 1.82) is 0 Å². The Labute approximate surface area is 99.9 Å². The summed E-state index contributed by atoms with van der Waals surface area (Å²) in [4.78, 5) is 4.25. The van der Waals surface area contributed by atoms with Crippen LogP contribution in [0.3, 0.4) is 0 Å². The molecule has 17 heavy (non-hydrogen) atoms. The summed E-state index contributed by atoms with van der Waals surface area (Å²) in [5.41, 5.74) is 2.08. The summed E-state index contributed by atoms with van der Waals surface area (Å²) in [7, 11) is 0. The molecule has 0 atom stereocenters. The van der Waals surface area contributed by atoms with Crippen LogP contribution in [-0.2, 0) is 6.54 Å². The minimum Gasteiger partial charge on any atom is -0.395 e. The third-order valence-corrected chi connectivity index (χ3v) is 2.70. The Morgan fingerprint density at radius 2 is 2.00 bits per heavy atom. The Kier molecular flexibility index (Phi) is 4.03. The molecule has 0 aliphatic rings. The van der Waals surface area contributed by atoms with Crippen LogP contribution >= 0.6 is 0 Å². The van der Waals surface area contributed by atoms with Crippen LogP contribution in [0.15, 0.2) is 36.5 Å². The molecule has 0 amide bonds. The van der Waals surface area contributed by atoms with Gasteiger partial charge in [0.2, 0.25) is 0 Å². The lowest BCUT2D eigenvalue weighted by molar-refractivity contribution is 0.170. The van der Waals surface area contributed by atoms with Gasteiger partial charge in [-0.2, -0.15) is 0 Å². The zero-order chi connectivity index (χ0) is 12.1. The van der Waals surface area contributed by atoms with Crippen molar-refractivity contribution >= 4 is 10.9 Å². The summed E-state index contributed by atoms with van der Waals surface area (Å²) in [6.07, 6.45) is 1.77. The third kappa shape index (κ3) is 3.00. The van der Waals surface area contributed by atoms with E-state index in [2.05, 4.69) is 16.4 Å². The Morgan fingerprint density at radius 1 is 1.18 bits per heavy atom. The summed E-state index contributed by atoms with van der Waals surface area (Å²) in [6, 6.07) is 9.68. The quantitative estimate of drug-likeness (QED) is 0.709. The van der Waals surface area contributed by atoms with Crippen LogP contribution in [-0.4, -0.2) is 34.5 Å². The summed E-state index contributed by atoms with van der Waals surface area (Å²) < 4.78 is 0. The Balaban J connectivity index is 2.09. The third-order valence-electron chi connectivity index (χ3n) is 2.70. The first-order chi connectivity index (χ1) is 8.33. The van der Waals surface area contributed by atoms with Gasteiger partial charge in [0.05, 0.1) is 24.8 Å². The van der Waals surface area contributed by atoms with E-state index >= 15 is 0 Å². The first kappa shape index (κ1) is 12.0. The fraction of sp³-hybridized carbons (Fsp3) is 0.308. The number of aliphatic hydroxyl groups excluding tert-OH is 2. The largest absolute Gasteiger partial charge is 0.395 e. The number of nitrogens with zero attached hydrogens (tertiary/aromatic N) is 1. The predicted molar refractivity (Wildman–Crippen MR) is 66.5 cm³/mol. The molecule has 2 rings (SSSR count). The Bertz CT molecular complexity index is 484. The zero-order valence-electron chi connectivity index (χ0n) is 9.50. The lowest BCUT2D eigenvalue weighted by atomic mass is 10.1. The van der Waals surface area contributed by atoms with Crippen LogP contribution in [0.4, 0.5) is 0 Å². The van der Waals surface area contributed by atoms with Crippen molar-refractivity contribution in [3.05, 3.63) is 42.1 Å². The highest BCUT2D eigenvalue weighted by Crippen LogP contribution is 2.13. The van der Waals surface area contributed by atoms with Gasteiger partial charge in [0.1, 0.15) is 0 Å². The molecular formula is C13H16N2O2. The first-order valence-electron chi connectivity index (χ1n) is 5.62. The molecule has 90 valence electrons. The first-order valence-corrected chi connectivity index (χ1v) is 5.62. The van der Waals surface area contributed by atoms with E-state index in [1.165, 1.54) is 0 Å². The summed E-state index contributed by atoms with van der Waals surface area (Å²) >= 11 is 0. The molecule has 0 saturated carbocycles. The van der Waals surface area contributed by atoms with E-state index in [0.29, 0.717) is 6.54 Å². The molecule has 0 unspecified atom stereocenters. The predicted octanol–water partition coefficient (Wildman–Crippen LogP) is 0.678. The van der Waals surface area contributed by atoms with Gasteiger partial charge in [-0.1, -0.05) is 12.1 Å². The Hall–Kier alpha value is -1.49. The van der Waals surface area contributed by atoms with Gasteiger partial charge in [0.15, 0.2) is 0 Å². The molecule has 0 bridgehead atoms. The lowest BCUT2D eigenvalue weighted by Crippen LogP contribution is -2.35. The van der Waals surface area contributed by atoms with Gasteiger partial charge >= 0.3 is 0 Å². The van der Waals surface area contributed by atoms with Gasteiger partial charge in [-0.15, -0.1) is 0 Å². The van der Waals surface area contributed by atoms with E-state index in [-0.39, 0.29) is 19.3 Å². The van der Waals surface area contributed by atoms with E-state index in [0.717, 1.165) is 16.5 Å². The van der Waals surface area contributed by atoms with Crippen molar-refractivity contribution in [3.8, 4) is 0 Å². The van der Waals surface area contributed by atoms with Crippen LogP contribution in [0.5, 0.6) is 0 Å². The smallest absolute Gasteiger partial charge is 0.0702 e. The van der Waals surface area contributed by atoms with Crippen LogP contribution in [0.1, 0.15) is 5.56 Å². The van der Waals surface area contributed by atoms with Gasteiger partial charge < -0.3 is 15.5 Å². The SMILES string of the molecule is OCC(CO)NCc1ccc2ncccc2c1. The second-order valence-electron chi connectivity index (χ2n) is 3.97. The number of nitrogens with one attached hydrogen (secondary N) is 1. The van der Waals surface area contributed by atoms with Gasteiger partial charge in [0, 0.05) is 18.1 Å². The minimum absolute atomic E-state index is 0.0639. The number of rotatable bonds is 5. The van der Waals surface area contributed by atoms with Crippen molar-refractivity contribution in [1.82, 2.24) is 10.3 Å². The van der Waals surface area contributed by atoms with Crippen molar-refractivity contribution in [3.63, 3.8) is 0 Å². The maximum atomic E-state index is 8.94. The van der Waals surface area contributed by atoms with Gasteiger partial charge in [0.25, 0.3) is 0 Å². The number of benzene rings is 1. The maximum absolute atomic E-state index is 8.94. The van der Waals surface area contributed by atoms with Crippen molar-refractivity contribution < 1.29 is 10.2 Å². The minimum atomic E-state index is -0.264. The molecule has 4 nitrogen and oxygen atoms in total. The second-order valence-corrected chi connectivity index (χ2v) is 3.97. The monoisotopic (exact) mass is 232 g/mol. The molecule has 0 radical (unpaired) electrons. The molecule has 0 aliphatic heterocycles. The van der Waals surface area contributed by atoms with Gasteiger partial charge in [-0.05, 0) is 23.8 Å². The van der Waals surface area contributed by atoms with E-state index < -0.39 is 0 Å². The van der Waals surface area contributed by atoms with Crippen molar-refractivity contribution in [2.75, 3.05) is 13.2 Å². The maximum Gasteiger partial charge on any atom is 0.0702 e. The molecule has 1 aromatic carbocycles. The van der Waals surface area contributed by atoms with Crippen LogP contribution in [0.2, 0.25) is 0 Å². The number of pyridine rings is 1. The molecule has 0 fully saturated rings. The second kappa shape index (κ2) is 5.72. The highest BCUT2D eigenvalue weighted by atomic mass is 16.3. The zero-order valence-corrected chi connectivity index (χ0v) is 9.50. The molecule has 3 N–H and O–H groups in total. The van der Waals surface area contributed by atoms with Gasteiger partial charge in [-0.3, -0.25) is 4.98 Å². The Morgan fingerprint density at radius 3 is 2.76 bits per heavy atom. The molecule has 1 heterocycles. The average Bonchev–Trinajstić information content (AvgIpc) is 2.40. The number of aromatic nitrogens is 1. The molecule has 4 heteroatoms. The van der Waals surface area contributed by atoms with E-state index in [9.17, 15) is 0 Å². The topological polar surface area (TPSA) is 65.4 Å². The average molecular weight is 232 g/mol. The summed E-state index contributed by atoms with van der Waals surface area (Å²) in [5.74, 6) is 0. The number of hydrogen-bond donors (Lipinski definition) is 3. The normalized spacial score (nSPS) is 11.2. The molecule has 0 aliphatic carbocycles. The number of aliphatic hydroxyl groups is 2. The molecule has 2 aromatic rings. The summed E-state index contributed by atoms with van der Waals surface area (Å²) in [6.45, 7) is 0.494. The van der Waals surface area contributed by atoms with E-state index in [1.54, 1.807) is 6.20 Å². The van der Waals surface area contributed by atoms with Crippen molar-refractivity contribution in [2.24, 2.45) is 0 Å². The summed E-state index contributed by atoms with van der Waals surface area (Å²) in [5, 5.41) is 22.1. The number of fused-ring (bicyclic) bond motifs is 1. The molecule has 1 aromatic heterocycles. The standard InChI is InChI=1S/C13H16N2O2/c16-8-12(9-17)15-7-10-3-4-13-11(6-10)2-1-5-14-13/h1-6,12,15-17H,7-9H2. The highest BCUT2D eigenvalue weighted by molar-refractivity contribution is 5.78.